The first-order chi connectivity index (χ1) is 15.7. The van der Waals surface area contributed by atoms with Crippen LogP contribution in [0.3, 0.4) is 0 Å². The molecule has 1 aliphatic carbocycles. The molecule has 2 rings (SSSR count). The highest BCUT2D eigenvalue weighted by molar-refractivity contribution is 6.26. The van der Waals surface area contributed by atoms with E-state index in [0.717, 1.165) is 38.5 Å². The zero-order valence-corrected chi connectivity index (χ0v) is 21.4. The van der Waals surface area contributed by atoms with Gasteiger partial charge in [0, 0.05) is 22.3 Å². The number of benzene rings is 1. The van der Waals surface area contributed by atoms with Gasteiger partial charge in [-0.15, -0.1) is 0 Å². The highest BCUT2D eigenvalue weighted by atomic mass is 16.1. The second-order valence-corrected chi connectivity index (χ2v) is 9.56. The van der Waals surface area contributed by atoms with Crippen LogP contribution in [0.4, 0.5) is 0 Å². The molecule has 0 aromatic heterocycles. The number of fused-ring (bicyclic) bond motifs is 1. The molecule has 0 amide bonds. The van der Waals surface area contributed by atoms with Gasteiger partial charge in [0.1, 0.15) is 0 Å². The summed E-state index contributed by atoms with van der Waals surface area (Å²) in [5, 5.41) is 0. The van der Waals surface area contributed by atoms with E-state index in [-0.39, 0.29) is 11.6 Å². The van der Waals surface area contributed by atoms with E-state index in [9.17, 15) is 9.59 Å². The summed E-state index contributed by atoms with van der Waals surface area (Å²) in [5.74, 6) is -0.0299. The molecule has 0 spiro atoms. The van der Waals surface area contributed by atoms with Gasteiger partial charge in [0.05, 0.1) is 0 Å². The fourth-order valence-electron chi connectivity index (χ4n) is 4.06. The number of Topliss-reactive ketones (excluding diaryl/α,β-unsaturated/α-hetero) is 2. The van der Waals surface area contributed by atoms with E-state index < -0.39 is 0 Å². The summed E-state index contributed by atoms with van der Waals surface area (Å²) in [7, 11) is 0. The molecule has 1 aromatic carbocycles. The second kappa shape index (κ2) is 13.1. The molecule has 0 heterocycles. The molecule has 33 heavy (non-hydrogen) atoms. The van der Waals surface area contributed by atoms with Crippen LogP contribution in [0.2, 0.25) is 0 Å². The summed E-state index contributed by atoms with van der Waals surface area (Å²) in [6, 6.07) is 7.13. The lowest BCUT2D eigenvalue weighted by Crippen LogP contribution is -2.20. The van der Waals surface area contributed by atoms with Crippen molar-refractivity contribution >= 4 is 11.6 Å². The molecule has 1 aromatic rings. The van der Waals surface area contributed by atoms with Gasteiger partial charge in [-0.1, -0.05) is 70.9 Å². The Morgan fingerprint density at radius 3 is 1.64 bits per heavy atom. The van der Waals surface area contributed by atoms with Gasteiger partial charge >= 0.3 is 0 Å². The van der Waals surface area contributed by atoms with E-state index in [2.05, 4.69) is 58.9 Å². The Morgan fingerprint density at radius 2 is 1.12 bits per heavy atom. The minimum Gasteiger partial charge on any atom is -0.289 e. The molecule has 1 aliphatic rings. The van der Waals surface area contributed by atoms with Crippen molar-refractivity contribution in [2.24, 2.45) is 0 Å². The van der Waals surface area contributed by atoms with Gasteiger partial charge < -0.3 is 0 Å². The maximum atomic E-state index is 12.9. The van der Waals surface area contributed by atoms with E-state index in [0.29, 0.717) is 28.7 Å². The summed E-state index contributed by atoms with van der Waals surface area (Å²) in [6.07, 6.45) is 16.1. The molecule has 0 fully saturated rings. The molecular formula is C31H40O2. The van der Waals surface area contributed by atoms with Gasteiger partial charge in [0.15, 0.2) is 11.6 Å². The number of hydrogen-bond donors (Lipinski definition) is 0. The van der Waals surface area contributed by atoms with Crippen LogP contribution in [0.1, 0.15) is 107 Å². The SMILES string of the molecule is CC(C)=CCC/C(C)=C\CC/C(C)=C\CC/C(C)=C\CC1=C(C)C(=O)c2ccccc2C1=O. The molecule has 0 atom stereocenters. The van der Waals surface area contributed by atoms with Gasteiger partial charge in [-0.25, -0.2) is 0 Å². The first-order valence-corrected chi connectivity index (χ1v) is 12.2. The third kappa shape index (κ3) is 8.28. The van der Waals surface area contributed by atoms with Gasteiger partial charge in [-0.3, -0.25) is 9.59 Å². The largest absolute Gasteiger partial charge is 0.289 e. The Bertz CT molecular complexity index is 1020. The predicted octanol–water partition coefficient (Wildman–Crippen LogP) is 8.92. The number of hydrogen-bond acceptors (Lipinski definition) is 2. The molecule has 0 saturated carbocycles. The minimum absolute atomic E-state index is 0.00770. The van der Waals surface area contributed by atoms with Gasteiger partial charge in [-0.05, 0) is 86.5 Å². The number of rotatable bonds is 11. The Hall–Kier alpha value is -2.74. The smallest absolute Gasteiger partial charge is 0.190 e. The molecule has 0 radical (unpaired) electrons. The Kier molecular flexibility index (Phi) is 10.5. The lowest BCUT2D eigenvalue weighted by atomic mass is 9.83. The van der Waals surface area contributed by atoms with E-state index in [1.54, 1.807) is 19.1 Å². The van der Waals surface area contributed by atoms with Gasteiger partial charge in [-0.2, -0.15) is 0 Å². The van der Waals surface area contributed by atoms with Gasteiger partial charge in [0.2, 0.25) is 0 Å². The predicted molar refractivity (Wildman–Crippen MR) is 141 cm³/mol. The van der Waals surface area contributed by atoms with Gasteiger partial charge in [0.25, 0.3) is 0 Å². The Labute approximate surface area is 200 Å². The topological polar surface area (TPSA) is 34.1 Å². The number of carbonyl (C=O) groups excluding carboxylic acids is 2. The molecule has 0 aliphatic heterocycles. The fourth-order valence-corrected chi connectivity index (χ4v) is 4.06. The summed E-state index contributed by atoms with van der Waals surface area (Å²) >= 11 is 0. The zero-order valence-electron chi connectivity index (χ0n) is 21.4. The third-order valence-corrected chi connectivity index (χ3v) is 6.29. The van der Waals surface area contributed by atoms with Crippen LogP contribution in [-0.2, 0) is 0 Å². The molecule has 0 bridgehead atoms. The Morgan fingerprint density at radius 1 is 0.667 bits per heavy atom. The van der Waals surface area contributed by atoms with Crippen LogP contribution in [-0.4, -0.2) is 11.6 Å². The fraction of sp³-hybridized carbons (Fsp3) is 0.419. The summed E-state index contributed by atoms with van der Waals surface area (Å²) in [4.78, 5) is 25.5. The van der Waals surface area contributed by atoms with Crippen LogP contribution in [0.15, 0.2) is 82.0 Å². The highest BCUT2D eigenvalue weighted by Gasteiger charge is 2.28. The van der Waals surface area contributed by atoms with Crippen LogP contribution < -0.4 is 0 Å². The molecular weight excluding hydrogens is 404 g/mol. The van der Waals surface area contributed by atoms with Crippen LogP contribution in [0, 0.1) is 0 Å². The summed E-state index contributed by atoms with van der Waals surface area (Å²) in [5.41, 5.74) is 7.84. The Balaban J connectivity index is 1.83. The quantitative estimate of drug-likeness (QED) is 0.319. The average molecular weight is 445 g/mol. The first-order valence-electron chi connectivity index (χ1n) is 12.2. The lowest BCUT2D eigenvalue weighted by Gasteiger charge is -2.18. The molecule has 2 heteroatoms. The van der Waals surface area contributed by atoms with E-state index in [1.165, 1.54) is 22.3 Å². The maximum Gasteiger partial charge on any atom is 0.190 e. The molecule has 2 nitrogen and oxygen atoms in total. The van der Waals surface area contributed by atoms with Crippen molar-refractivity contribution in [2.75, 3.05) is 0 Å². The van der Waals surface area contributed by atoms with Crippen LogP contribution >= 0.6 is 0 Å². The number of allylic oxidation sites excluding steroid dienone is 10. The maximum absolute atomic E-state index is 12.9. The van der Waals surface area contributed by atoms with Crippen LogP contribution in [0.25, 0.3) is 0 Å². The summed E-state index contributed by atoms with van der Waals surface area (Å²) < 4.78 is 0. The average Bonchev–Trinajstić information content (AvgIpc) is 2.77. The third-order valence-electron chi connectivity index (χ3n) is 6.29. The molecule has 0 unspecified atom stereocenters. The molecule has 176 valence electrons. The van der Waals surface area contributed by atoms with Crippen molar-refractivity contribution in [3.8, 4) is 0 Å². The molecule has 0 saturated heterocycles. The summed E-state index contributed by atoms with van der Waals surface area (Å²) in [6.45, 7) is 12.6. The molecule has 0 N–H and O–H groups in total. The van der Waals surface area contributed by atoms with Crippen molar-refractivity contribution in [2.45, 2.75) is 86.5 Å². The number of ketones is 2. The second-order valence-electron chi connectivity index (χ2n) is 9.56. The monoisotopic (exact) mass is 444 g/mol. The highest BCUT2D eigenvalue weighted by Crippen LogP contribution is 2.28. The minimum atomic E-state index is -0.0222. The van der Waals surface area contributed by atoms with E-state index in [1.807, 2.05) is 12.1 Å². The van der Waals surface area contributed by atoms with E-state index in [4.69, 9.17) is 0 Å². The standard InChI is InChI=1S/C31H40O2/c1-22(2)12-9-13-23(3)14-10-15-24(4)16-11-17-25(5)20-21-27-26(6)30(32)28-18-7-8-19-29(28)31(27)33/h7-8,12,14,16,18-20H,9-11,13,15,17,21H2,1-6H3/b23-14-,24-16-,25-20-. The number of carbonyl (C=O) groups is 2. The first kappa shape index (κ1) is 26.5. The van der Waals surface area contributed by atoms with Crippen molar-refractivity contribution in [1.29, 1.82) is 0 Å². The van der Waals surface area contributed by atoms with Crippen LogP contribution in [0.5, 0.6) is 0 Å². The van der Waals surface area contributed by atoms with Crippen molar-refractivity contribution in [1.82, 2.24) is 0 Å². The van der Waals surface area contributed by atoms with Crippen molar-refractivity contribution in [3.63, 3.8) is 0 Å². The van der Waals surface area contributed by atoms with Crippen molar-refractivity contribution in [3.05, 3.63) is 93.1 Å². The zero-order chi connectivity index (χ0) is 24.4. The lowest BCUT2D eigenvalue weighted by molar-refractivity contribution is 0.0973. The normalized spacial score (nSPS) is 15.2. The van der Waals surface area contributed by atoms with Crippen molar-refractivity contribution < 1.29 is 9.59 Å². The van der Waals surface area contributed by atoms with E-state index >= 15 is 0 Å².